The number of thiophene rings is 1. The summed E-state index contributed by atoms with van der Waals surface area (Å²) in [6, 6.07) is 1.96. The smallest absolute Gasteiger partial charge is 0.242 e. The van der Waals surface area contributed by atoms with Gasteiger partial charge in [-0.3, -0.25) is 4.79 Å². The largest absolute Gasteiger partial charge is 0.350 e. The van der Waals surface area contributed by atoms with E-state index in [1.807, 2.05) is 28.3 Å². The van der Waals surface area contributed by atoms with E-state index in [9.17, 15) is 4.79 Å². The summed E-state index contributed by atoms with van der Waals surface area (Å²) in [6.07, 6.45) is 2.20. The lowest BCUT2D eigenvalue weighted by molar-refractivity contribution is -0.128. The SMILES string of the molecule is CN(CC(=O)N1CCCC1)c1nc(Cl)nc2sccc12. The summed E-state index contributed by atoms with van der Waals surface area (Å²) in [5.41, 5.74) is 0. The molecule has 0 aromatic carbocycles. The van der Waals surface area contributed by atoms with Crippen LogP contribution in [0.2, 0.25) is 5.28 Å². The molecule has 0 N–H and O–H groups in total. The molecule has 1 aliphatic heterocycles. The van der Waals surface area contributed by atoms with Crippen molar-refractivity contribution in [3.05, 3.63) is 16.7 Å². The second-order valence-electron chi connectivity index (χ2n) is 4.90. The number of nitrogens with zero attached hydrogens (tertiary/aromatic N) is 4. The Morgan fingerprint density at radius 1 is 1.45 bits per heavy atom. The molecule has 1 aliphatic rings. The Labute approximate surface area is 126 Å². The number of hydrogen-bond donors (Lipinski definition) is 0. The molecule has 2 aromatic heterocycles. The minimum Gasteiger partial charge on any atom is -0.350 e. The molecule has 1 saturated heterocycles. The lowest BCUT2D eigenvalue weighted by Gasteiger charge is -2.22. The molecular formula is C13H15ClN4OS. The van der Waals surface area contributed by atoms with E-state index in [2.05, 4.69) is 9.97 Å². The van der Waals surface area contributed by atoms with Crippen LogP contribution in [-0.4, -0.2) is 47.5 Å². The Bertz CT molecular complexity index is 638. The Kier molecular flexibility index (Phi) is 3.76. The van der Waals surface area contributed by atoms with E-state index in [1.54, 1.807) is 0 Å². The molecule has 0 atom stereocenters. The van der Waals surface area contributed by atoms with Crippen molar-refractivity contribution in [3.8, 4) is 0 Å². The first-order valence-electron chi connectivity index (χ1n) is 6.55. The average Bonchev–Trinajstić information content (AvgIpc) is 3.08. The number of amides is 1. The molecule has 0 saturated carbocycles. The van der Waals surface area contributed by atoms with Crippen LogP contribution in [0, 0.1) is 0 Å². The van der Waals surface area contributed by atoms with Gasteiger partial charge in [-0.05, 0) is 35.9 Å². The van der Waals surface area contributed by atoms with Crippen molar-refractivity contribution < 1.29 is 4.79 Å². The van der Waals surface area contributed by atoms with Gasteiger partial charge >= 0.3 is 0 Å². The average molecular weight is 311 g/mol. The van der Waals surface area contributed by atoms with E-state index in [1.165, 1.54) is 11.3 Å². The van der Waals surface area contributed by atoms with Crippen LogP contribution in [0.25, 0.3) is 10.2 Å². The highest BCUT2D eigenvalue weighted by Gasteiger charge is 2.21. The maximum Gasteiger partial charge on any atom is 0.242 e. The molecular weight excluding hydrogens is 296 g/mol. The second-order valence-corrected chi connectivity index (χ2v) is 6.13. The Balaban J connectivity index is 1.82. The van der Waals surface area contributed by atoms with Crippen LogP contribution in [0.5, 0.6) is 0 Å². The lowest BCUT2D eigenvalue weighted by Crippen LogP contribution is -2.37. The van der Waals surface area contributed by atoms with Crippen LogP contribution in [0.3, 0.4) is 0 Å². The van der Waals surface area contributed by atoms with Gasteiger partial charge in [-0.1, -0.05) is 0 Å². The molecule has 0 unspecified atom stereocenters. The number of carbonyl (C=O) groups is 1. The molecule has 0 spiro atoms. The monoisotopic (exact) mass is 310 g/mol. The highest BCUT2D eigenvalue weighted by Crippen LogP contribution is 2.28. The topological polar surface area (TPSA) is 49.3 Å². The molecule has 106 valence electrons. The van der Waals surface area contributed by atoms with Gasteiger partial charge in [-0.2, -0.15) is 4.98 Å². The fourth-order valence-electron chi connectivity index (χ4n) is 2.45. The summed E-state index contributed by atoms with van der Waals surface area (Å²) in [5.74, 6) is 0.858. The van der Waals surface area contributed by atoms with E-state index in [0.717, 1.165) is 36.1 Å². The number of carbonyl (C=O) groups excluding carboxylic acids is 1. The normalized spacial score (nSPS) is 15.0. The second kappa shape index (κ2) is 5.54. The third kappa shape index (κ3) is 2.58. The van der Waals surface area contributed by atoms with Gasteiger partial charge in [0.1, 0.15) is 10.6 Å². The van der Waals surface area contributed by atoms with Crippen molar-refractivity contribution in [2.75, 3.05) is 31.6 Å². The number of aromatic nitrogens is 2. The number of likely N-dealkylation sites (tertiary alicyclic amines) is 1. The van der Waals surface area contributed by atoms with Crippen molar-refractivity contribution in [1.82, 2.24) is 14.9 Å². The Morgan fingerprint density at radius 3 is 2.95 bits per heavy atom. The van der Waals surface area contributed by atoms with Gasteiger partial charge in [0.05, 0.1) is 11.9 Å². The molecule has 5 nitrogen and oxygen atoms in total. The minimum atomic E-state index is 0.142. The number of fused-ring (bicyclic) bond motifs is 1. The van der Waals surface area contributed by atoms with Gasteiger partial charge in [-0.15, -0.1) is 11.3 Å². The first-order valence-corrected chi connectivity index (χ1v) is 7.80. The van der Waals surface area contributed by atoms with Crippen LogP contribution >= 0.6 is 22.9 Å². The highest BCUT2D eigenvalue weighted by atomic mass is 35.5. The maximum atomic E-state index is 12.2. The first-order chi connectivity index (χ1) is 9.65. The van der Waals surface area contributed by atoms with Crippen molar-refractivity contribution in [3.63, 3.8) is 0 Å². The molecule has 0 bridgehead atoms. The van der Waals surface area contributed by atoms with Crippen LogP contribution in [0.15, 0.2) is 11.4 Å². The Morgan fingerprint density at radius 2 is 2.20 bits per heavy atom. The molecule has 0 aliphatic carbocycles. The summed E-state index contributed by atoms with van der Waals surface area (Å²) in [4.78, 5) is 25.3. The third-order valence-corrected chi connectivity index (χ3v) is 4.45. The van der Waals surface area contributed by atoms with Crippen LogP contribution in [-0.2, 0) is 4.79 Å². The molecule has 3 heterocycles. The van der Waals surface area contributed by atoms with Gasteiger partial charge in [0.2, 0.25) is 11.2 Å². The number of likely N-dealkylation sites (N-methyl/N-ethyl adjacent to an activating group) is 1. The fourth-order valence-corrected chi connectivity index (χ4v) is 3.42. The van der Waals surface area contributed by atoms with Crippen LogP contribution in [0.4, 0.5) is 5.82 Å². The summed E-state index contributed by atoms with van der Waals surface area (Å²) < 4.78 is 0. The van der Waals surface area contributed by atoms with Crippen LogP contribution in [0.1, 0.15) is 12.8 Å². The maximum absolute atomic E-state index is 12.2. The summed E-state index contributed by atoms with van der Waals surface area (Å²) in [6.45, 7) is 2.05. The molecule has 1 amide bonds. The van der Waals surface area contributed by atoms with E-state index >= 15 is 0 Å². The van der Waals surface area contributed by atoms with Crippen molar-refractivity contribution in [2.45, 2.75) is 12.8 Å². The molecule has 1 fully saturated rings. The number of halogens is 1. The highest BCUT2D eigenvalue weighted by molar-refractivity contribution is 7.16. The van der Waals surface area contributed by atoms with Gasteiger partial charge in [0.15, 0.2) is 0 Å². The molecule has 20 heavy (non-hydrogen) atoms. The van der Waals surface area contributed by atoms with Crippen molar-refractivity contribution in [1.29, 1.82) is 0 Å². The molecule has 2 aromatic rings. The van der Waals surface area contributed by atoms with Gasteiger partial charge in [-0.25, -0.2) is 4.98 Å². The predicted molar refractivity (Wildman–Crippen MR) is 81.5 cm³/mol. The standard InChI is InChI=1S/C13H15ClN4OS/c1-17(8-10(19)18-5-2-3-6-18)11-9-4-7-20-12(9)16-13(14)15-11/h4,7H,2-3,5-6,8H2,1H3. The zero-order valence-corrected chi connectivity index (χ0v) is 12.7. The zero-order valence-electron chi connectivity index (χ0n) is 11.2. The van der Waals surface area contributed by atoms with Gasteiger partial charge in [0.25, 0.3) is 0 Å². The number of hydrogen-bond acceptors (Lipinski definition) is 5. The fraction of sp³-hybridized carbons (Fsp3) is 0.462. The minimum absolute atomic E-state index is 0.142. The van der Waals surface area contributed by atoms with Crippen molar-refractivity contribution >= 4 is 44.9 Å². The van der Waals surface area contributed by atoms with Crippen LogP contribution < -0.4 is 4.90 Å². The zero-order chi connectivity index (χ0) is 14.1. The van der Waals surface area contributed by atoms with E-state index in [-0.39, 0.29) is 11.2 Å². The molecule has 0 radical (unpaired) electrons. The summed E-state index contributed by atoms with van der Waals surface area (Å²) in [5, 5.41) is 3.11. The van der Waals surface area contributed by atoms with Gasteiger partial charge < -0.3 is 9.80 Å². The third-order valence-electron chi connectivity index (χ3n) is 3.47. The quantitative estimate of drug-likeness (QED) is 0.817. The van der Waals surface area contributed by atoms with E-state index < -0.39 is 0 Å². The number of rotatable bonds is 3. The molecule has 7 heteroatoms. The van der Waals surface area contributed by atoms with Gasteiger partial charge in [0, 0.05) is 20.1 Å². The van der Waals surface area contributed by atoms with E-state index in [4.69, 9.17) is 11.6 Å². The summed E-state index contributed by atoms with van der Waals surface area (Å²) in [7, 11) is 1.86. The lowest BCUT2D eigenvalue weighted by atomic mass is 10.3. The van der Waals surface area contributed by atoms with Crippen molar-refractivity contribution in [2.24, 2.45) is 0 Å². The Hall–Kier alpha value is -1.40. The predicted octanol–water partition coefficient (Wildman–Crippen LogP) is 2.40. The molecule has 3 rings (SSSR count). The van der Waals surface area contributed by atoms with E-state index in [0.29, 0.717) is 12.4 Å². The summed E-state index contributed by atoms with van der Waals surface area (Å²) >= 11 is 7.47. The first kappa shape index (κ1) is 13.6. The number of anilines is 1.